The zero-order chi connectivity index (χ0) is 22.8. The molecule has 0 bridgehead atoms. The Balaban J connectivity index is 2.05. The van der Waals surface area contributed by atoms with E-state index in [1.807, 2.05) is 86.6 Å². The Hall–Kier alpha value is -3.80. The molecular weight excluding hydrogens is 404 g/mol. The predicted molar refractivity (Wildman–Crippen MR) is 128 cm³/mol. The van der Waals surface area contributed by atoms with Crippen LogP contribution in [0.15, 0.2) is 82.8 Å². The predicted octanol–water partition coefficient (Wildman–Crippen LogP) is 5.93. The molecule has 0 N–H and O–H groups in total. The zero-order valence-electron chi connectivity index (χ0n) is 18.9. The van der Waals surface area contributed by atoms with Gasteiger partial charge >= 0.3 is 0 Å². The molecule has 0 saturated heterocycles. The number of para-hydroxylation sites is 4. The normalized spacial score (nSPS) is 11.8. The van der Waals surface area contributed by atoms with Crippen LogP contribution in [0.25, 0.3) is 0 Å². The van der Waals surface area contributed by atoms with Crippen LogP contribution in [0.4, 0.5) is 11.4 Å². The summed E-state index contributed by atoms with van der Waals surface area (Å²) in [6.45, 7) is 4.81. The van der Waals surface area contributed by atoms with Gasteiger partial charge in [-0.2, -0.15) is 0 Å². The Labute approximate surface area is 189 Å². The Bertz CT molecular complexity index is 1010. The van der Waals surface area contributed by atoms with Crippen LogP contribution >= 0.6 is 0 Å². The molecule has 0 unspecified atom stereocenters. The second-order valence-corrected chi connectivity index (χ2v) is 6.62. The van der Waals surface area contributed by atoms with E-state index in [1.165, 1.54) is 0 Å². The molecule has 0 fully saturated rings. The van der Waals surface area contributed by atoms with Crippen molar-refractivity contribution >= 4 is 23.2 Å². The molecule has 0 aromatic heterocycles. The van der Waals surface area contributed by atoms with Gasteiger partial charge in [-0.05, 0) is 56.3 Å². The summed E-state index contributed by atoms with van der Waals surface area (Å²) in [4.78, 5) is 9.43. The molecule has 3 rings (SSSR count). The van der Waals surface area contributed by atoms with Crippen LogP contribution < -0.4 is 9.47 Å². The highest BCUT2D eigenvalue weighted by Gasteiger charge is 2.13. The van der Waals surface area contributed by atoms with E-state index in [2.05, 4.69) is 0 Å². The smallest absolute Gasteiger partial charge is 0.221 e. The summed E-state index contributed by atoms with van der Waals surface area (Å²) in [5, 5.41) is 0. The number of hydrogen-bond acceptors (Lipinski definition) is 6. The minimum absolute atomic E-state index is 0.478. The van der Waals surface area contributed by atoms with Gasteiger partial charge in [-0.15, -0.1) is 0 Å². The molecule has 6 nitrogen and oxygen atoms in total. The SMILES string of the molecule is CCOC(=Nc1ccccc1OC)c1cccc(C(=Nc2ccccc2OC)OCC)c1. The van der Waals surface area contributed by atoms with Crippen molar-refractivity contribution < 1.29 is 18.9 Å². The lowest BCUT2D eigenvalue weighted by molar-refractivity contribution is 0.327. The van der Waals surface area contributed by atoms with E-state index in [4.69, 9.17) is 28.9 Å². The average molecular weight is 433 g/mol. The van der Waals surface area contributed by atoms with Crippen molar-refractivity contribution in [3.8, 4) is 11.5 Å². The maximum Gasteiger partial charge on any atom is 0.221 e. The number of methoxy groups -OCH3 is 2. The van der Waals surface area contributed by atoms with Gasteiger partial charge < -0.3 is 18.9 Å². The number of aliphatic imine (C=N–C) groups is 2. The fraction of sp³-hybridized carbons (Fsp3) is 0.231. The van der Waals surface area contributed by atoms with Gasteiger partial charge in [-0.3, -0.25) is 0 Å². The highest BCUT2D eigenvalue weighted by Crippen LogP contribution is 2.29. The Morgan fingerprint density at radius 1 is 0.625 bits per heavy atom. The molecule has 0 heterocycles. The van der Waals surface area contributed by atoms with Crippen molar-refractivity contribution in [2.75, 3.05) is 27.4 Å². The van der Waals surface area contributed by atoms with E-state index >= 15 is 0 Å². The molecule has 0 amide bonds. The number of hydrogen-bond donors (Lipinski definition) is 0. The molecule has 0 aliphatic heterocycles. The van der Waals surface area contributed by atoms with E-state index in [-0.39, 0.29) is 0 Å². The van der Waals surface area contributed by atoms with Crippen molar-refractivity contribution in [2.24, 2.45) is 9.98 Å². The van der Waals surface area contributed by atoms with Crippen LogP contribution in [0.2, 0.25) is 0 Å². The van der Waals surface area contributed by atoms with Gasteiger partial charge in [-0.1, -0.05) is 30.3 Å². The minimum atomic E-state index is 0.478. The lowest BCUT2D eigenvalue weighted by Gasteiger charge is -2.13. The van der Waals surface area contributed by atoms with Gasteiger partial charge in [-0.25, -0.2) is 9.98 Å². The van der Waals surface area contributed by atoms with E-state index in [0.29, 0.717) is 47.9 Å². The van der Waals surface area contributed by atoms with Gasteiger partial charge in [0.1, 0.15) is 22.9 Å². The van der Waals surface area contributed by atoms with Crippen LogP contribution in [0.5, 0.6) is 11.5 Å². The van der Waals surface area contributed by atoms with Gasteiger partial charge in [0, 0.05) is 11.1 Å². The van der Waals surface area contributed by atoms with Crippen LogP contribution in [0, 0.1) is 0 Å². The fourth-order valence-corrected chi connectivity index (χ4v) is 3.08. The maximum absolute atomic E-state index is 5.87. The molecule has 3 aromatic rings. The molecule has 6 heteroatoms. The highest BCUT2D eigenvalue weighted by molar-refractivity contribution is 6.01. The van der Waals surface area contributed by atoms with E-state index in [0.717, 1.165) is 11.1 Å². The first-order valence-electron chi connectivity index (χ1n) is 10.5. The Kier molecular flexibility index (Phi) is 8.26. The first-order valence-corrected chi connectivity index (χ1v) is 10.5. The molecule has 0 aliphatic carbocycles. The molecule has 0 radical (unpaired) electrons. The molecule has 0 atom stereocenters. The lowest BCUT2D eigenvalue weighted by Crippen LogP contribution is -2.11. The van der Waals surface area contributed by atoms with Crippen LogP contribution in [0.1, 0.15) is 25.0 Å². The Morgan fingerprint density at radius 3 is 1.47 bits per heavy atom. The summed E-state index contributed by atoms with van der Waals surface area (Å²) >= 11 is 0. The molecule has 0 aliphatic rings. The highest BCUT2D eigenvalue weighted by atomic mass is 16.5. The molecule has 0 spiro atoms. The second kappa shape index (κ2) is 11.6. The second-order valence-electron chi connectivity index (χ2n) is 6.62. The van der Waals surface area contributed by atoms with E-state index < -0.39 is 0 Å². The van der Waals surface area contributed by atoms with Crippen LogP contribution in [0.3, 0.4) is 0 Å². The topological polar surface area (TPSA) is 61.6 Å². The molecule has 3 aromatic carbocycles. The van der Waals surface area contributed by atoms with Crippen molar-refractivity contribution in [3.63, 3.8) is 0 Å². The summed E-state index contributed by atoms with van der Waals surface area (Å²) in [7, 11) is 3.25. The van der Waals surface area contributed by atoms with Crippen molar-refractivity contribution in [3.05, 3.63) is 83.9 Å². The summed E-state index contributed by atoms with van der Waals surface area (Å²) in [6.07, 6.45) is 0. The number of benzene rings is 3. The first-order chi connectivity index (χ1) is 15.7. The van der Waals surface area contributed by atoms with Gasteiger partial charge in [0.2, 0.25) is 11.8 Å². The summed E-state index contributed by atoms with van der Waals surface area (Å²) in [5.41, 5.74) is 3.00. The van der Waals surface area contributed by atoms with Crippen molar-refractivity contribution in [1.29, 1.82) is 0 Å². The van der Waals surface area contributed by atoms with Crippen LogP contribution in [-0.4, -0.2) is 39.2 Å². The average Bonchev–Trinajstić information content (AvgIpc) is 2.84. The number of ether oxygens (including phenoxy) is 4. The van der Waals surface area contributed by atoms with E-state index in [1.54, 1.807) is 14.2 Å². The van der Waals surface area contributed by atoms with Crippen molar-refractivity contribution in [1.82, 2.24) is 0 Å². The third-order valence-corrected chi connectivity index (χ3v) is 4.53. The lowest BCUT2D eigenvalue weighted by atomic mass is 10.1. The summed E-state index contributed by atoms with van der Waals surface area (Å²) in [5.74, 6) is 2.33. The van der Waals surface area contributed by atoms with E-state index in [9.17, 15) is 0 Å². The Morgan fingerprint density at radius 2 is 1.06 bits per heavy atom. The number of nitrogens with zero attached hydrogens (tertiary/aromatic N) is 2. The van der Waals surface area contributed by atoms with Gasteiger partial charge in [0.05, 0.1) is 27.4 Å². The van der Waals surface area contributed by atoms with Crippen molar-refractivity contribution in [2.45, 2.75) is 13.8 Å². The summed E-state index contributed by atoms with van der Waals surface area (Å²) in [6, 6.07) is 22.9. The third-order valence-electron chi connectivity index (χ3n) is 4.53. The number of rotatable bonds is 8. The first kappa shape index (κ1) is 22.9. The zero-order valence-corrected chi connectivity index (χ0v) is 18.9. The standard InChI is InChI=1S/C26H28N2O4/c1-5-31-25(27-21-14-7-9-16-23(21)29-3)19-12-11-13-20(18-19)26(32-6-2)28-22-15-8-10-17-24(22)30-4/h7-18H,5-6H2,1-4H3. The molecule has 166 valence electrons. The molecule has 0 saturated carbocycles. The van der Waals surface area contributed by atoms with Crippen LogP contribution in [-0.2, 0) is 9.47 Å². The molecular formula is C26H28N2O4. The largest absolute Gasteiger partial charge is 0.494 e. The monoisotopic (exact) mass is 432 g/mol. The molecule has 32 heavy (non-hydrogen) atoms. The fourth-order valence-electron chi connectivity index (χ4n) is 3.08. The van der Waals surface area contributed by atoms with Gasteiger partial charge in [0.15, 0.2) is 0 Å². The quantitative estimate of drug-likeness (QED) is 0.327. The third kappa shape index (κ3) is 5.66. The minimum Gasteiger partial charge on any atom is -0.494 e. The summed E-state index contributed by atoms with van der Waals surface area (Å²) < 4.78 is 22.6. The maximum atomic E-state index is 5.87. The van der Waals surface area contributed by atoms with Gasteiger partial charge in [0.25, 0.3) is 0 Å².